The maximum absolute atomic E-state index is 13.8. The van der Waals surface area contributed by atoms with Crippen LogP contribution in [0.5, 0.6) is 0 Å². The molecule has 0 saturated carbocycles. The van der Waals surface area contributed by atoms with Gasteiger partial charge in [-0.05, 0) is 41.0 Å². The summed E-state index contributed by atoms with van der Waals surface area (Å²) in [5, 5.41) is 5.71. The second-order valence-electron chi connectivity index (χ2n) is 12.1. The summed E-state index contributed by atoms with van der Waals surface area (Å²) >= 11 is 0. The average Bonchev–Trinajstić information content (AvgIpc) is 3.06. The predicted molar refractivity (Wildman–Crippen MR) is 187 cm³/mol. The molecule has 0 aliphatic rings. The molecule has 0 spiro atoms. The molecule has 0 amide bonds. The summed E-state index contributed by atoms with van der Waals surface area (Å²) in [6.45, 7) is 6.87. The van der Waals surface area contributed by atoms with Crippen LogP contribution in [0.2, 0.25) is 11.1 Å². The zero-order valence-electron chi connectivity index (χ0n) is 25.6. The van der Waals surface area contributed by atoms with Gasteiger partial charge in [-0.25, -0.2) is 4.79 Å². The number of esters is 1. The first-order chi connectivity index (χ1) is 21.3. The van der Waals surface area contributed by atoms with Crippen LogP contribution in [0.4, 0.5) is 0 Å². The minimum Gasteiger partial charge on any atom is -0.461 e. The summed E-state index contributed by atoms with van der Waals surface area (Å²) in [6, 6.07) is 50.2. The molecular formula is C39H39O3PSi. The molecular weight excluding hydrogens is 575 g/mol. The maximum Gasteiger partial charge on any atom is 0.338 e. The summed E-state index contributed by atoms with van der Waals surface area (Å²) in [4.78, 5) is 26.5. The van der Waals surface area contributed by atoms with E-state index in [9.17, 15) is 9.59 Å². The fraction of sp³-hybridized carbons (Fsp3) is 0.179. The van der Waals surface area contributed by atoms with E-state index in [0.29, 0.717) is 11.6 Å². The second kappa shape index (κ2) is 14.1. The van der Waals surface area contributed by atoms with Gasteiger partial charge in [0.2, 0.25) is 0 Å². The van der Waals surface area contributed by atoms with E-state index in [0.717, 1.165) is 22.2 Å². The third kappa shape index (κ3) is 6.67. The molecule has 5 aromatic rings. The van der Waals surface area contributed by atoms with Crippen molar-refractivity contribution in [2.45, 2.75) is 31.9 Å². The molecule has 0 fully saturated rings. The molecule has 44 heavy (non-hydrogen) atoms. The van der Waals surface area contributed by atoms with Crippen molar-refractivity contribution < 1.29 is 14.3 Å². The van der Waals surface area contributed by atoms with Crippen LogP contribution in [0, 0.1) is 5.92 Å². The van der Waals surface area contributed by atoms with Crippen LogP contribution in [-0.2, 0) is 9.53 Å². The van der Waals surface area contributed by atoms with Crippen LogP contribution < -0.4 is 26.3 Å². The first kappa shape index (κ1) is 31.3. The molecule has 1 atom stereocenters. The van der Waals surface area contributed by atoms with Gasteiger partial charge >= 0.3 is 5.97 Å². The summed E-state index contributed by atoms with van der Waals surface area (Å²) < 4.78 is 6.04. The lowest BCUT2D eigenvalue weighted by Gasteiger charge is -2.45. The summed E-state index contributed by atoms with van der Waals surface area (Å²) in [6.07, 6.45) is 0.985. The zero-order chi connectivity index (χ0) is 31.0. The quantitative estimate of drug-likeness (QED) is 0.0741. The van der Waals surface area contributed by atoms with Gasteiger partial charge in [-0.1, -0.05) is 171 Å². The minimum absolute atomic E-state index is 0.0375. The molecule has 0 aromatic heterocycles. The van der Waals surface area contributed by atoms with Gasteiger partial charge in [0.25, 0.3) is 0 Å². The Morgan fingerprint density at radius 2 is 1.11 bits per heavy atom. The normalized spacial score (nSPS) is 12.5. The van der Waals surface area contributed by atoms with Crippen LogP contribution in [0.25, 0.3) is 0 Å². The lowest BCUT2D eigenvalue weighted by molar-refractivity contribution is -0.111. The number of benzene rings is 5. The minimum atomic E-state index is -2.52. The third-order valence-corrected chi connectivity index (χ3v) is 17.2. The lowest BCUT2D eigenvalue weighted by atomic mass is 10.2. The molecule has 0 radical (unpaired) electrons. The Morgan fingerprint density at radius 1 is 0.682 bits per heavy atom. The first-order valence-electron chi connectivity index (χ1n) is 15.1. The fourth-order valence-corrected chi connectivity index (χ4v) is 14.4. The van der Waals surface area contributed by atoms with E-state index < -0.39 is 27.9 Å². The molecule has 222 valence electrons. The molecule has 0 bridgehead atoms. The molecule has 0 aliphatic carbocycles. The molecule has 0 N–H and O–H groups in total. The highest BCUT2D eigenvalue weighted by Crippen LogP contribution is 2.40. The molecule has 5 heteroatoms. The smallest absolute Gasteiger partial charge is 0.338 e. The van der Waals surface area contributed by atoms with E-state index in [4.69, 9.17) is 4.74 Å². The van der Waals surface area contributed by atoms with Crippen molar-refractivity contribution in [3.63, 3.8) is 0 Å². The van der Waals surface area contributed by atoms with Crippen molar-refractivity contribution in [2.24, 2.45) is 5.92 Å². The first-order valence-corrected chi connectivity index (χ1v) is 18.6. The molecule has 0 aliphatic heterocycles. The number of hydrogen-bond acceptors (Lipinski definition) is 3. The molecule has 1 unspecified atom stereocenters. The van der Waals surface area contributed by atoms with Crippen LogP contribution in [-0.4, -0.2) is 26.9 Å². The van der Waals surface area contributed by atoms with Crippen molar-refractivity contribution >= 4 is 54.5 Å². The van der Waals surface area contributed by atoms with Crippen molar-refractivity contribution in [1.82, 2.24) is 0 Å². The van der Waals surface area contributed by atoms with E-state index in [2.05, 4.69) is 93.6 Å². The number of aldehydes is 1. The molecule has 5 aromatic carbocycles. The topological polar surface area (TPSA) is 43.4 Å². The number of rotatable bonds is 11. The number of ether oxygens (including phenoxy) is 1. The van der Waals surface area contributed by atoms with Crippen molar-refractivity contribution in [3.05, 3.63) is 151 Å². The maximum atomic E-state index is 13.8. The van der Waals surface area contributed by atoms with Gasteiger partial charge < -0.3 is 9.53 Å². The predicted octanol–water partition coefficient (Wildman–Crippen LogP) is 6.48. The summed E-state index contributed by atoms with van der Waals surface area (Å²) in [7, 11) is -3.51. The zero-order valence-corrected chi connectivity index (χ0v) is 27.5. The summed E-state index contributed by atoms with van der Waals surface area (Å²) in [5.41, 5.74) is 0.543. The standard InChI is InChI=1S/C39H39O3PSi/c1-39(2,3)44(34-22-12-6-13-23-34,35-24-14-7-15-25-35)30-31(28-40)29-42-38(41)36-26-16-17-27-37(36)43(32-18-8-4-9-19-32)33-20-10-5-11-21-33/h4-28,31H,29-30H2,1-3H3. The Morgan fingerprint density at radius 3 is 1.57 bits per heavy atom. The lowest BCUT2D eigenvalue weighted by Crippen LogP contribution is -2.65. The number of carbonyl (C=O) groups is 2. The highest BCUT2D eigenvalue weighted by Gasteiger charge is 2.48. The van der Waals surface area contributed by atoms with Gasteiger partial charge in [-0.15, -0.1) is 0 Å². The SMILES string of the molecule is CC(C)(C)[Si](CC(C=O)COC(=O)c1ccccc1P(c1ccccc1)c1ccccc1)(c1ccccc1)c1ccccc1. The van der Waals surface area contributed by atoms with E-state index in [1.54, 1.807) is 0 Å². The van der Waals surface area contributed by atoms with Crippen LogP contribution >= 0.6 is 7.92 Å². The van der Waals surface area contributed by atoms with E-state index in [1.165, 1.54) is 10.4 Å². The highest BCUT2D eigenvalue weighted by atomic mass is 31.1. The van der Waals surface area contributed by atoms with Gasteiger partial charge in [-0.3, -0.25) is 0 Å². The number of hydrogen-bond donors (Lipinski definition) is 0. The van der Waals surface area contributed by atoms with Gasteiger partial charge in [-0.2, -0.15) is 0 Å². The largest absolute Gasteiger partial charge is 0.461 e. The average molecular weight is 615 g/mol. The third-order valence-electron chi connectivity index (χ3n) is 8.40. The van der Waals surface area contributed by atoms with Crippen LogP contribution in [0.3, 0.4) is 0 Å². The fourth-order valence-electron chi connectivity index (χ4n) is 6.24. The van der Waals surface area contributed by atoms with E-state index in [-0.39, 0.29) is 11.6 Å². The van der Waals surface area contributed by atoms with Gasteiger partial charge in [0.15, 0.2) is 0 Å². The Balaban J connectivity index is 1.46. The monoisotopic (exact) mass is 614 g/mol. The molecule has 0 heterocycles. The molecule has 5 rings (SSSR count). The van der Waals surface area contributed by atoms with Crippen LogP contribution in [0.1, 0.15) is 31.1 Å². The summed E-state index contributed by atoms with van der Waals surface area (Å²) in [5.74, 6) is -0.837. The van der Waals surface area contributed by atoms with Crippen LogP contribution in [0.15, 0.2) is 146 Å². The van der Waals surface area contributed by atoms with E-state index in [1.807, 2.05) is 72.8 Å². The van der Waals surface area contributed by atoms with E-state index >= 15 is 0 Å². The highest BCUT2D eigenvalue weighted by molar-refractivity contribution is 7.80. The van der Waals surface area contributed by atoms with Gasteiger partial charge in [0, 0.05) is 5.92 Å². The van der Waals surface area contributed by atoms with Crippen molar-refractivity contribution in [2.75, 3.05) is 6.61 Å². The second-order valence-corrected chi connectivity index (χ2v) is 19.2. The Hall–Kier alpha value is -4.11. The Kier molecular flexibility index (Phi) is 10.0. The Bertz CT molecular complexity index is 1570. The Labute approximate surface area is 263 Å². The van der Waals surface area contributed by atoms with Crippen molar-refractivity contribution in [1.29, 1.82) is 0 Å². The number of carbonyl (C=O) groups excluding carboxylic acids is 2. The van der Waals surface area contributed by atoms with Gasteiger partial charge in [0.05, 0.1) is 5.56 Å². The molecule has 0 saturated heterocycles. The van der Waals surface area contributed by atoms with Crippen molar-refractivity contribution in [3.8, 4) is 0 Å². The molecule has 3 nitrogen and oxygen atoms in total. The van der Waals surface area contributed by atoms with Gasteiger partial charge in [0.1, 0.15) is 21.0 Å².